The highest BCUT2D eigenvalue weighted by Crippen LogP contribution is 2.10. The van der Waals surface area contributed by atoms with Gasteiger partial charge in [-0.1, -0.05) is 39.5 Å². The highest BCUT2D eigenvalue weighted by atomic mass is 15.0. The minimum atomic E-state index is 0.842. The second-order valence-corrected chi connectivity index (χ2v) is 5.47. The molecule has 0 atom stereocenters. The average Bonchev–Trinajstić information content (AvgIpc) is 2.26. The molecule has 3 nitrogen and oxygen atoms in total. The third-order valence-corrected chi connectivity index (χ3v) is 2.98. The Hall–Kier alpha value is -1.12. The molecule has 102 valence electrons. The molecule has 0 radical (unpaired) electrons. The molecule has 18 heavy (non-hydrogen) atoms. The lowest BCUT2D eigenvalue weighted by Crippen LogP contribution is -2.05. The molecule has 0 aliphatic rings. The first-order chi connectivity index (χ1) is 8.58. The summed E-state index contributed by atoms with van der Waals surface area (Å²) in [4.78, 5) is 8.64. The number of aromatic nitrogens is 2. The van der Waals surface area contributed by atoms with Crippen molar-refractivity contribution in [2.24, 2.45) is 5.92 Å². The van der Waals surface area contributed by atoms with Crippen molar-refractivity contribution in [2.75, 3.05) is 11.9 Å². The molecule has 1 aromatic rings. The van der Waals surface area contributed by atoms with Gasteiger partial charge in [0, 0.05) is 18.3 Å². The van der Waals surface area contributed by atoms with Gasteiger partial charge in [0.1, 0.15) is 11.6 Å². The van der Waals surface area contributed by atoms with Gasteiger partial charge in [-0.2, -0.15) is 0 Å². The highest BCUT2D eigenvalue weighted by Gasteiger charge is 1.98. The molecule has 0 spiro atoms. The van der Waals surface area contributed by atoms with Crippen LogP contribution in [0.25, 0.3) is 0 Å². The lowest BCUT2D eigenvalue weighted by atomic mass is 10.0. The molecule has 1 N–H and O–H groups in total. The number of nitrogens with zero attached hydrogens (tertiary/aromatic N) is 2. The number of rotatable bonds is 8. The molecule has 0 aliphatic heterocycles. The van der Waals surface area contributed by atoms with Crippen LogP contribution in [0.5, 0.6) is 0 Å². The van der Waals surface area contributed by atoms with Crippen molar-refractivity contribution < 1.29 is 0 Å². The first-order valence-electron chi connectivity index (χ1n) is 7.14. The van der Waals surface area contributed by atoms with E-state index in [2.05, 4.69) is 29.1 Å². The van der Waals surface area contributed by atoms with Gasteiger partial charge in [-0.05, 0) is 26.2 Å². The zero-order valence-corrected chi connectivity index (χ0v) is 12.3. The predicted molar refractivity (Wildman–Crippen MR) is 77.9 cm³/mol. The fraction of sp³-hybridized carbons (Fsp3) is 0.733. The summed E-state index contributed by atoms with van der Waals surface area (Å²) in [6.45, 7) is 9.54. The van der Waals surface area contributed by atoms with Gasteiger partial charge >= 0.3 is 0 Å². The number of hydrogen-bond donors (Lipinski definition) is 1. The number of nitrogens with one attached hydrogen (secondary N) is 1. The third-order valence-electron chi connectivity index (χ3n) is 2.98. The Labute approximate surface area is 111 Å². The van der Waals surface area contributed by atoms with Gasteiger partial charge in [0.15, 0.2) is 0 Å². The molecular weight excluding hydrogens is 222 g/mol. The van der Waals surface area contributed by atoms with Crippen molar-refractivity contribution in [3.8, 4) is 0 Å². The van der Waals surface area contributed by atoms with Crippen LogP contribution in [0.3, 0.4) is 0 Å². The lowest BCUT2D eigenvalue weighted by molar-refractivity contribution is 0.523. The van der Waals surface area contributed by atoms with Gasteiger partial charge in [0.25, 0.3) is 0 Å². The molecule has 0 fully saturated rings. The van der Waals surface area contributed by atoms with Gasteiger partial charge in [0.2, 0.25) is 0 Å². The molecule has 0 saturated heterocycles. The first-order valence-corrected chi connectivity index (χ1v) is 7.14. The normalized spacial score (nSPS) is 10.9. The fourth-order valence-corrected chi connectivity index (χ4v) is 2.06. The summed E-state index contributed by atoms with van der Waals surface area (Å²) < 4.78 is 0. The van der Waals surface area contributed by atoms with Crippen LogP contribution in [0, 0.1) is 19.8 Å². The smallest absolute Gasteiger partial charge is 0.129 e. The summed E-state index contributed by atoms with van der Waals surface area (Å²) in [5.41, 5.74) is 1.03. The third kappa shape index (κ3) is 6.58. The molecule has 1 heterocycles. The summed E-state index contributed by atoms with van der Waals surface area (Å²) >= 11 is 0. The molecule has 3 heteroatoms. The molecule has 0 amide bonds. The molecular formula is C15H27N3. The summed E-state index contributed by atoms with van der Waals surface area (Å²) in [5, 5.41) is 3.37. The van der Waals surface area contributed by atoms with E-state index in [0.717, 1.165) is 29.8 Å². The van der Waals surface area contributed by atoms with Crippen LogP contribution in [0.15, 0.2) is 6.07 Å². The highest BCUT2D eigenvalue weighted by molar-refractivity contribution is 5.35. The molecule has 1 aromatic heterocycles. The van der Waals surface area contributed by atoms with E-state index in [4.69, 9.17) is 0 Å². The minimum Gasteiger partial charge on any atom is -0.370 e. The Balaban J connectivity index is 2.10. The molecule has 0 aliphatic carbocycles. The molecule has 0 unspecified atom stereocenters. The topological polar surface area (TPSA) is 37.8 Å². The van der Waals surface area contributed by atoms with Crippen LogP contribution in [0.2, 0.25) is 0 Å². The Kier molecular flexibility index (Phi) is 6.69. The maximum absolute atomic E-state index is 4.37. The maximum Gasteiger partial charge on any atom is 0.129 e. The van der Waals surface area contributed by atoms with E-state index in [9.17, 15) is 0 Å². The van der Waals surface area contributed by atoms with E-state index < -0.39 is 0 Å². The van der Waals surface area contributed by atoms with Gasteiger partial charge in [0.05, 0.1) is 0 Å². The second-order valence-electron chi connectivity index (χ2n) is 5.47. The van der Waals surface area contributed by atoms with Crippen molar-refractivity contribution in [1.29, 1.82) is 0 Å². The van der Waals surface area contributed by atoms with E-state index in [-0.39, 0.29) is 0 Å². The number of aryl methyl sites for hydroxylation is 2. The number of hydrogen-bond acceptors (Lipinski definition) is 3. The van der Waals surface area contributed by atoms with Crippen LogP contribution in [-0.2, 0) is 0 Å². The zero-order valence-electron chi connectivity index (χ0n) is 12.3. The van der Waals surface area contributed by atoms with Crippen molar-refractivity contribution >= 4 is 5.82 Å². The number of anilines is 1. The van der Waals surface area contributed by atoms with Crippen molar-refractivity contribution in [2.45, 2.75) is 59.8 Å². The Morgan fingerprint density at radius 2 is 1.78 bits per heavy atom. The maximum atomic E-state index is 4.37. The van der Waals surface area contributed by atoms with Gasteiger partial charge < -0.3 is 5.32 Å². The zero-order chi connectivity index (χ0) is 13.4. The van der Waals surface area contributed by atoms with Crippen molar-refractivity contribution in [3.63, 3.8) is 0 Å². The summed E-state index contributed by atoms with van der Waals surface area (Å²) in [6.07, 6.45) is 6.60. The van der Waals surface area contributed by atoms with Gasteiger partial charge in [-0.3, -0.25) is 0 Å². The first kappa shape index (κ1) is 14.9. The van der Waals surface area contributed by atoms with Gasteiger partial charge in [-0.15, -0.1) is 0 Å². The predicted octanol–water partition coefficient (Wildman–Crippen LogP) is 4.11. The molecule has 0 aromatic carbocycles. The second kappa shape index (κ2) is 8.06. The van der Waals surface area contributed by atoms with Crippen molar-refractivity contribution in [1.82, 2.24) is 9.97 Å². The van der Waals surface area contributed by atoms with Crippen LogP contribution in [0.1, 0.15) is 57.5 Å². The van der Waals surface area contributed by atoms with Crippen LogP contribution < -0.4 is 5.32 Å². The van der Waals surface area contributed by atoms with E-state index in [0.29, 0.717) is 0 Å². The Morgan fingerprint density at radius 1 is 1.06 bits per heavy atom. The van der Waals surface area contributed by atoms with E-state index in [1.807, 2.05) is 19.9 Å². The molecule has 1 rings (SSSR count). The Morgan fingerprint density at radius 3 is 2.44 bits per heavy atom. The summed E-state index contributed by atoms with van der Waals surface area (Å²) in [5.74, 6) is 2.65. The van der Waals surface area contributed by atoms with Crippen molar-refractivity contribution in [3.05, 3.63) is 17.6 Å². The standard InChI is InChI=1S/C15H27N3/c1-12(2)9-7-5-6-8-10-16-15-11-13(3)17-14(4)18-15/h11-12H,5-10H2,1-4H3,(H,16,17,18). The van der Waals surface area contributed by atoms with E-state index in [1.54, 1.807) is 0 Å². The minimum absolute atomic E-state index is 0.842. The van der Waals surface area contributed by atoms with Crippen LogP contribution in [-0.4, -0.2) is 16.5 Å². The summed E-state index contributed by atoms with van der Waals surface area (Å²) in [6, 6.07) is 2.01. The number of unbranched alkanes of at least 4 members (excludes halogenated alkanes) is 3. The average molecular weight is 249 g/mol. The Bertz CT molecular complexity index is 327. The molecule has 0 saturated carbocycles. The summed E-state index contributed by atoms with van der Waals surface area (Å²) in [7, 11) is 0. The van der Waals surface area contributed by atoms with E-state index >= 15 is 0 Å². The van der Waals surface area contributed by atoms with Gasteiger partial charge in [-0.25, -0.2) is 9.97 Å². The van der Waals surface area contributed by atoms with E-state index in [1.165, 1.54) is 32.1 Å². The monoisotopic (exact) mass is 249 g/mol. The van der Waals surface area contributed by atoms with Crippen LogP contribution >= 0.6 is 0 Å². The largest absolute Gasteiger partial charge is 0.370 e. The fourth-order valence-electron chi connectivity index (χ4n) is 2.06. The molecule has 0 bridgehead atoms. The van der Waals surface area contributed by atoms with Crippen LogP contribution in [0.4, 0.5) is 5.82 Å². The lowest BCUT2D eigenvalue weighted by Gasteiger charge is -2.07. The quantitative estimate of drug-likeness (QED) is 0.704. The SMILES string of the molecule is Cc1cc(NCCCCCCC(C)C)nc(C)n1.